The van der Waals surface area contributed by atoms with Crippen LogP contribution in [0.3, 0.4) is 0 Å². The summed E-state index contributed by atoms with van der Waals surface area (Å²) in [6.45, 7) is 9.53. The van der Waals surface area contributed by atoms with Crippen LogP contribution in [0.4, 0.5) is 0 Å². The van der Waals surface area contributed by atoms with E-state index in [2.05, 4.69) is 37.1 Å². The van der Waals surface area contributed by atoms with Crippen LogP contribution >= 0.6 is 0 Å². The third kappa shape index (κ3) is 5.76. The van der Waals surface area contributed by atoms with Gasteiger partial charge in [0.15, 0.2) is 11.6 Å². The summed E-state index contributed by atoms with van der Waals surface area (Å²) in [6.07, 6.45) is 7.53. The molecule has 0 bridgehead atoms. The van der Waals surface area contributed by atoms with Crippen molar-refractivity contribution in [3.05, 3.63) is 30.2 Å². The van der Waals surface area contributed by atoms with E-state index in [-0.39, 0.29) is 0 Å². The van der Waals surface area contributed by atoms with Crippen LogP contribution in [-0.4, -0.2) is 100 Å². The molecule has 2 fully saturated rings. The lowest BCUT2D eigenvalue weighted by Crippen LogP contribution is -2.54. The third-order valence-corrected chi connectivity index (χ3v) is 6.31. The summed E-state index contributed by atoms with van der Waals surface area (Å²) in [5.41, 5.74) is 0.865. The number of aromatic nitrogens is 3. The molecule has 1 amide bonds. The SMILES string of the molecule is CCNC(=NCCc1nnc2ccccn12)N1CCN(CC(=O)N2CCCCCC2)CC1. The lowest BCUT2D eigenvalue weighted by atomic mass is 10.2. The van der Waals surface area contributed by atoms with Crippen LogP contribution in [0.5, 0.6) is 0 Å². The molecule has 4 heterocycles. The topological polar surface area (TPSA) is 81.4 Å². The minimum absolute atomic E-state index is 0.293. The summed E-state index contributed by atoms with van der Waals surface area (Å²) in [6, 6.07) is 5.92. The van der Waals surface area contributed by atoms with E-state index in [1.807, 2.05) is 28.8 Å². The number of nitrogens with one attached hydrogen (secondary N) is 1. The number of pyridine rings is 1. The van der Waals surface area contributed by atoms with Gasteiger partial charge in [-0.25, -0.2) is 0 Å². The number of hydrogen-bond donors (Lipinski definition) is 1. The predicted molar refractivity (Wildman–Crippen MR) is 126 cm³/mol. The summed E-state index contributed by atoms with van der Waals surface area (Å²) in [5.74, 6) is 2.17. The van der Waals surface area contributed by atoms with Gasteiger partial charge in [-0.2, -0.15) is 0 Å². The highest BCUT2D eigenvalue weighted by molar-refractivity contribution is 5.80. The van der Waals surface area contributed by atoms with Crippen LogP contribution in [0, 0.1) is 0 Å². The first kappa shape index (κ1) is 22.5. The van der Waals surface area contributed by atoms with Crippen molar-refractivity contribution in [1.82, 2.24) is 34.6 Å². The number of hydrogen-bond acceptors (Lipinski definition) is 5. The van der Waals surface area contributed by atoms with Gasteiger partial charge in [0.1, 0.15) is 5.82 Å². The van der Waals surface area contributed by atoms with Crippen molar-refractivity contribution in [3.8, 4) is 0 Å². The molecule has 0 saturated carbocycles. The van der Waals surface area contributed by atoms with Crippen molar-refractivity contribution in [3.63, 3.8) is 0 Å². The smallest absolute Gasteiger partial charge is 0.236 e. The van der Waals surface area contributed by atoms with E-state index in [0.717, 1.165) is 82.5 Å². The number of guanidine groups is 1. The molecule has 0 radical (unpaired) electrons. The zero-order valence-corrected chi connectivity index (χ0v) is 19.2. The standard InChI is InChI=1S/C23H36N8O/c1-2-24-23(25-11-10-21-27-26-20-9-5-8-14-31(20)21)30-17-15-28(16-18-30)19-22(32)29-12-6-3-4-7-13-29/h5,8-9,14H,2-4,6-7,10-13,15-19H2,1H3,(H,24,25). The zero-order valence-electron chi connectivity index (χ0n) is 19.2. The Balaban J connectivity index is 1.27. The van der Waals surface area contributed by atoms with Gasteiger partial charge < -0.3 is 15.1 Å². The molecular formula is C23H36N8O. The van der Waals surface area contributed by atoms with Gasteiger partial charge >= 0.3 is 0 Å². The highest BCUT2D eigenvalue weighted by atomic mass is 16.2. The second kappa shape index (κ2) is 11.3. The molecule has 0 aromatic carbocycles. The van der Waals surface area contributed by atoms with Crippen LogP contribution in [0.2, 0.25) is 0 Å². The molecular weight excluding hydrogens is 404 g/mol. The fraction of sp³-hybridized carbons (Fsp3) is 0.652. The van der Waals surface area contributed by atoms with E-state index >= 15 is 0 Å². The van der Waals surface area contributed by atoms with E-state index < -0.39 is 0 Å². The number of nitrogens with zero attached hydrogens (tertiary/aromatic N) is 7. The Kier molecular flexibility index (Phi) is 7.92. The Morgan fingerprint density at radius 2 is 1.78 bits per heavy atom. The lowest BCUT2D eigenvalue weighted by molar-refractivity contribution is -0.132. The minimum atomic E-state index is 0.293. The number of carbonyl (C=O) groups is 1. The molecule has 9 nitrogen and oxygen atoms in total. The molecule has 2 saturated heterocycles. The Morgan fingerprint density at radius 3 is 2.53 bits per heavy atom. The first-order chi connectivity index (χ1) is 15.7. The Bertz CT molecular complexity index is 894. The maximum atomic E-state index is 12.7. The Labute approximate surface area is 190 Å². The van der Waals surface area contributed by atoms with E-state index in [0.29, 0.717) is 19.0 Å². The van der Waals surface area contributed by atoms with Crippen molar-refractivity contribution < 1.29 is 4.79 Å². The van der Waals surface area contributed by atoms with E-state index in [1.165, 1.54) is 12.8 Å². The molecule has 2 aromatic heterocycles. The molecule has 2 aliphatic rings. The summed E-state index contributed by atoms with van der Waals surface area (Å²) in [5, 5.41) is 11.9. The maximum absolute atomic E-state index is 12.7. The van der Waals surface area contributed by atoms with Crippen molar-refractivity contribution in [2.24, 2.45) is 4.99 Å². The van der Waals surface area contributed by atoms with E-state index in [1.54, 1.807) is 0 Å². The summed E-state index contributed by atoms with van der Waals surface area (Å²) in [7, 11) is 0. The van der Waals surface area contributed by atoms with Gasteiger partial charge in [0.2, 0.25) is 5.91 Å². The molecule has 0 aliphatic carbocycles. The molecule has 2 aliphatic heterocycles. The monoisotopic (exact) mass is 440 g/mol. The normalized spacial score (nSPS) is 18.7. The number of aliphatic imine (C=N–C) groups is 1. The molecule has 4 rings (SSSR count). The number of amides is 1. The van der Waals surface area contributed by atoms with Crippen LogP contribution in [0.25, 0.3) is 5.65 Å². The molecule has 2 aromatic rings. The average Bonchev–Trinajstić information content (AvgIpc) is 3.03. The predicted octanol–water partition coefficient (Wildman–Crippen LogP) is 1.26. The van der Waals surface area contributed by atoms with E-state index in [4.69, 9.17) is 4.99 Å². The Morgan fingerprint density at radius 1 is 1.00 bits per heavy atom. The van der Waals surface area contributed by atoms with Gasteiger partial charge in [-0.15, -0.1) is 10.2 Å². The molecule has 9 heteroatoms. The van der Waals surface area contributed by atoms with Crippen molar-refractivity contribution in [2.45, 2.75) is 39.0 Å². The fourth-order valence-corrected chi connectivity index (χ4v) is 4.48. The maximum Gasteiger partial charge on any atom is 0.236 e. The quantitative estimate of drug-likeness (QED) is 0.538. The highest BCUT2D eigenvalue weighted by Crippen LogP contribution is 2.11. The summed E-state index contributed by atoms with van der Waals surface area (Å²) < 4.78 is 2.02. The van der Waals surface area contributed by atoms with Gasteiger partial charge in [-0.3, -0.25) is 19.1 Å². The largest absolute Gasteiger partial charge is 0.357 e. The molecule has 0 unspecified atom stereocenters. The third-order valence-electron chi connectivity index (χ3n) is 6.31. The molecule has 0 atom stereocenters. The Hall–Kier alpha value is -2.68. The van der Waals surface area contributed by atoms with Gasteiger partial charge in [0.25, 0.3) is 0 Å². The molecule has 0 spiro atoms. The van der Waals surface area contributed by atoms with E-state index in [9.17, 15) is 4.79 Å². The zero-order chi connectivity index (χ0) is 22.2. The van der Waals surface area contributed by atoms with Crippen molar-refractivity contribution in [1.29, 1.82) is 0 Å². The van der Waals surface area contributed by atoms with Crippen LogP contribution < -0.4 is 5.32 Å². The van der Waals surface area contributed by atoms with Crippen molar-refractivity contribution in [2.75, 3.05) is 58.9 Å². The minimum Gasteiger partial charge on any atom is -0.357 e. The average molecular weight is 441 g/mol. The number of rotatable bonds is 6. The van der Waals surface area contributed by atoms with Gasteiger partial charge in [0.05, 0.1) is 6.54 Å². The van der Waals surface area contributed by atoms with Crippen LogP contribution in [-0.2, 0) is 11.2 Å². The van der Waals surface area contributed by atoms with Crippen LogP contribution in [0.15, 0.2) is 29.4 Å². The highest BCUT2D eigenvalue weighted by Gasteiger charge is 2.23. The van der Waals surface area contributed by atoms with Crippen LogP contribution in [0.1, 0.15) is 38.4 Å². The van der Waals surface area contributed by atoms with Crippen molar-refractivity contribution >= 4 is 17.5 Å². The summed E-state index contributed by atoms with van der Waals surface area (Å²) >= 11 is 0. The second-order valence-corrected chi connectivity index (χ2v) is 8.59. The molecule has 1 N–H and O–H groups in total. The number of fused-ring (bicyclic) bond motifs is 1. The second-order valence-electron chi connectivity index (χ2n) is 8.59. The summed E-state index contributed by atoms with van der Waals surface area (Å²) in [4.78, 5) is 24.2. The number of piperazine rings is 1. The van der Waals surface area contributed by atoms with Gasteiger partial charge in [-0.1, -0.05) is 18.9 Å². The molecule has 32 heavy (non-hydrogen) atoms. The van der Waals surface area contributed by atoms with Gasteiger partial charge in [-0.05, 0) is 31.9 Å². The van der Waals surface area contributed by atoms with Gasteiger partial charge in [0, 0.05) is 65.0 Å². The fourth-order valence-electron chi connectivity index (χ4n) is 4.48. The number of likely N-dealkylation sites (tertiary alicyclic amines) is 1. The first-order valence-corrected chi connectivity index (χ1v) is 12.1. The molecule has 174 valence electrons. The number of carbonyl (C=O) groups excluding carboxylic acids is 1. The first-order valence-electron chi connectivity index (χ1n) is 12.1. The lowest BCUT2D eigenvalue weighted by Gasteiger charge is -2.37.